The summed E-state index contributed by atoms with van der Waals surface area (Å²) >= 11 is 13.7. The number of hydrogen-bond donors (Lipinski definition) is 3. The molecule has 0 atom stereocenters. The standard InChI is InChI=1S/C13H18Cl2N2O2S/c14-10-3-1-4-11(15)13(10)17-12(19)9-16-5-8-20-7-2-6-18/h1,3-4,16,18H,2,5-9H2,(H,17,19). The van der Waals surface area contributed by atoms with Crippen molar-refractivity contribution in [2.24, 2.45) is 0 Å². The number of aliphatic hydroxyl groups excluding tert-OH is 1. The number of halogens is 2. The summed E-state index contributed by atoms with van der Waals surface area (Å²) in [6.45, 7) is 1.17. The fraction of sp³-hybridized carbons (Fsp3) is 0.462. The third-order valence-corrected chi connectivity index (χ3v) is 4.08. The van der Waals surface area contributed by atoms with E-state index >= 15 is 0 Å². The van der Waals surface area contributed by atoms with Crippen LogP contribution in [0.1, 0.15) is 6.42 Å². The Morgan fingerprint density at radius 1 is 1.25 bits per heavy atom. The van der Waals surface area contributed by atoms with Crippen molar-refractivity contribution in [3.63, 3.8) is 0 Å². The van der Waals surface area contributed by atoms with Gasteiger partial charge in [0, 0.05) is 18.9 Å². The van der Waals surface area contributed by atoms with Gasteiger partial charge < -0.3 is 15.7 Å². The van der Waals surface area contributed by atoms with Crippen molar-refractivity contribution in [3.8, 4) is 0 Å². The number of thioether (sulfide) groups is 1. The Morgan fingerprint density at radius 2 is 1.95 bits per heavy atom. The number of carbonyl (C=O) groups is 1. The largest absolute Gasteiger partial charge is 0.396 e. The summed E-state index contributed by atoms with van der Waals surface area (Å²) in [5.41, 5.74) is 0.444. The van der Waals surface area contributed by atoms with E-state index in [4.69, 9.17) is 28.3 Å². The molecule has 0 aromatic heterocycles. The molecule has 0 fully saturated rings. The van der Waals surface area contributed by atoms with Crippen LogP contribution in [0.4, 0.5) is 5.69 Å². The first-order valence-corrected chi connectivity index (χ1v) is 8.19. The maximum atomic E-state index is 11.7. The number of hydrogen-bond acceptors (Lipinski definition) is 4. The highest BCUT2D eigenvalue weighted by molar-refractivity contribution is 7.99. The van der Waals surface area contributed by atoms with Crippen LogP contribution < -0.4 is 10.6 Å². The third kappa shape index (κ3) is 6.81. The van der Waals surface area contributed by atoms with Crippen LogP contribution in [0.25, 0.3) is 0 Å². The summed E-state index contributed by atoms with van der Waals surface area (Å²) in [6, 6.07) is 5.07. The van der Waals surface area contributed by atoms with Gasteiger partial charge in [-0.1, -0.05) is 29.3 Å². The molecule has 0 unspecified atom stereocenters. The Kier molecular flexibility index (Phi) is 9.05. The smallest absolute Gasteiger partial charge is 0.238 e. The van der Waals surface area contributed by atoms with Crippen molar-refractivity contribution in [1.29, 1.82) is 0 Å². The monoisotopic (exact) mass is 336 g/mol. The van der Waals surface area contributed by atoms with Crippen LogP contribution in [0, 0.1) is 0 Å². The van der Waals surface area contributed by atoms with Gasteiger partial charge in [0.25, 0.3) is 0 Å². The van der Waals surface area contributed by atoms with Gasteiger partial charge in [-0.25, -0.2) is 0 Å². The summed E-state index contributed by atoms with van der Waals surface area (Å²) < 4.78 is 0. The highest BCUT2D eigenvalue weighted by atomic mass is 35.5. The van der Waals surface area contributed by atoms with E-state index in [-0.39, 0.29) is 19.1 Å². The average molecular weight is 337 g/mol. The SMILES string of the molecule is O=C(CNCCSCCCO)Nc1c(Cl)cccc1Cl. The van der Waals surface area contributed by atoms with E-state index in [9.17, 15) is 4.79 Å². The van der Waals surface area contributed by atoms with Gasteiger partial charge in [0.2, 0.25) is 5.91 Å². The van der Waals surface area contributed by atoms with Crippen molar-refractivity contribution in [1.82, 2.24) is 5.32 Å². The molecule has 0 spiro atoms. The van der Waals surface area contributed by atoms with E-state index in [1.807, 2.05) is 0 Å². The Balaban J connectivity index is 2.21. The summed E-state index contributed by atoms with van der Waals surface area (Å²) in [5.74, 6) is 1.65. The Bertz CT molecular complexity index is 413. The molecule has 112 valence electrons. The van der Waals surface area contributed by atoms with Crippen molar-refractivity contribution in [2.75, 3.05) is 36.5 Å². The van der Waals surface area contributed by atoms with Gasteiger partial charge in [-0.2, -0.15) is 11.8 Å². The van der Waals surface area contributed by atoms with Gasteiger partial charge in [0.1, 0.15) is 0 Å². The molecule has 0 saturated heterocycles. The molecule has 1 aromatic carbocycles. The summed E-state index contributed by atoms with van der Waals surface area (Å²) in [4.78, 5) is 11.7. The maximum absolute atomic E-state index is 11.7. The molecule has 0 bridgehead atoms. The molecule has 0 aliphatic heterocycles. The van der Waals surface area contributed by atoms with Gasteiger partial charge >= 0.3 is 0 Å². The van der Waals surface area contributed by atoms with Crippen molar-refractivity contribution >= 4 is 46.6 Å². The zero-order valence-corrected chi connectivity index (χ0v) is 13.3. The molecule has 20 heavy (non-hydrogen) atoms. The maximum Gasteiger partial charge on any atom is 0.238 e. The van der Waals surface area contributed by atoms with Crippen LogP contribution >= 0.6 is 35.0 Å². The zero-order valence-electron chi connectivity index (χ0n) is 11.0. The number of para-hydroxylation sites is 1. The molecule has 1 amide bonds. The quantitative estimate of drug-likeness (QED) is 0.606. The fourth-order valence-corrected chi connectivity index (χ4v) is 2.73. The molecule has 0 aliphatic rings. The second-order valence-corrected chi connectivity index (χ2v) is 6.05. The van der Waals surface area contributed by atoms with Crippen LogP contribution in [0.3, 0.4) is 0 Å². The molecular weight excluding hydrogens is 319 g/mol. The van der Waals surface area contributed by atoms with Crippen molar-refractivity contribution < 1.29 is 9.90 Å². The topological polar surface area (TPSA) is 61.4 Å². The predicted molar refractivity (Wildman–Crippen MR) is 87.0 cm³/mol. The normalized spacial score (nSPS) is 10.6. The number of carbonyl (C=O) groups excluding carboxylic acids is 1. The first-order valence-electron chi connectivity index (χ1n) is 6.28. The zero-order chi connectivity index (χ0) is 14.8. The molecule has 0 saturated carbocycles. The van der Waals surface area contributed by atoms with E-state index in [1.54, 1.807) is 30.0 Å². The van der Waals surface area contributed by atoms with Crippen LogP contribution in [0.2, 0.25) is 10.0 Å². The first kappa shape index (κ1) is 17.6. The Hall–Kier alpha value is -0.460. The van der Waals surface area contributed by atoms with Gasteiger partial charge in [-0.15, -0.1) is 0 Å². The molecule has 4 nitrogen and oxygen atoms in total. The van der Waals surface area contributed by atoms with Crippen LogP contribution in [0.5, 0.6) is 0 Å². The molecular formula is C13H18Cl2N2O2S. The highest BCUT2D eigenvalue weighted by Gasteiger charge is 2.08. The number of amides is 1. The molecule has 1 rings (SSSR count). The predicted octanol–water partition coefficient (Wildman–Crippen LogP) is 2.64. The van der Waals surface area contributed by atoms with Crippen LogP contribution in [0.15, 0.2) is 18.2 Å². The van der Waals surface area contributed by atoms with E-state index in [0.29, 0.717) is 15.7 Å². The minimum Gasteiger partial charge on any atom is -0.396 e. The second-order valence-electron chi connectivity index (χ2n) is 4.01. The number of nitrogens with one attached hydrogen (secondary N) is 2. The molecule has 0 aliphatic carbocycles. The van der Waals surface area contributed by atoms with Crippen LogP contribution in [-0.4, -0.2) is 42.2 Å². The number of anilines is 1. The highest BCUT2D eigenvalue weighted by Crippen LogP contribution is 2.29. The number of benzene rings is 1. The van der Waals surface area contributed by atoms with Gasteiger partial charge in [0.15, 0.2) is 0 Å². The van der Waals surface area contributed by atoms with E-state index < -0.39 is 0 Å². The summed E-state index contributed by atoms with van der Waals surface area (Å²) in [5, 5.41) is 15.2. The third-order valence-electron chi connectivity index (χ3n) is 2.38. The van der Waals surface area contributed by atoms with Gasteiger partial charge in [-0.3, -0.25) is 4.79 Å². The number of aliphatic hydroxyl groups is 1. The summed E-state index contributed by atoms with van der Waals surface area (Å²) in [6.07, 6.45) is 0.802. The molecule has 3 N–H and O–H groups in total. The second kappa shape index (κ2) is 10.3. The number of rotatable bonds is 9. The Morgan fingerprint density at radius 3 is 2.60 bits per heavy atom. The first-order chi connectivity index (χ1) is 9.65. The summed E-state index contributed by atoms with van der Waals surface area (Å²) in [7, 11) is 0. The van der Waals surface area contributed by atoms with Crippen LogP contribution in [-0.2, 0) is 4.79 Å². The lowest BCUT2D eigenvalue weighted by Crippen LogP contribution is -2.29. The lowest BCUT2D eigenvalue weighted by Gasteiger charge is -2.09. The fourth-order valence-electron chi connectivity index (χ4n) is 1.42. The lowest BCUT2D eigenvalue weighted by molar-refractivity contribution is -0.115. The van der Waals surface area contributed by atoms with E-state index in [1.165, 1.54) is 0 Å². The van der Waals surface area contributed by atoms with Crippen molar-refractivity contribution in [2.45, 2.75) is 6.42 Å². The van der Waals surface area contributed by atoms with Gasteiger partial charge in [-0.05, 0) is 24.3 Å². The minimum atomic E-state index is -0.180. The Labute approximate surface area is 133 Å². The van der Waals surface area contributed by atoms with E-state index in [2.05, 4.69) is 10.6 Å². The van der Waals surface area contributed by atoms with Gasteiger partial charge in [0.05, 0.1) is 22.3 Å². The molecule has 0 heterocycles. The molecule has 1 aromatic rings. The lowest BCUT2D eigenvalue weighted by atomic mass is 10.3. The van der Waals surface area contributed by atoms with E-state index in [0.717, 1.165) is 24.5 Å². The minimum absolute atomic E-state index is 0.180. The average Bonchev–Trinajstić information content (AvgIpc) is 2.42. The molecule has 0 radical (unpaired) electrons. The molecule has 7 heteroatoms. The van der Waals surface area contributed by atoms with Crippen molar-refractivity contribution in [3.05, 3.63) is 28.2 Å².